The van der Waals surface area contributed by atoms with Gasteiger partial charge in [-0.2, -0.15) is 0 Å². The number of methoxy groups -OCH3 is 1. The molecule has 5 rings (SSSR count). The first-order valence-corrected chi connectivity index (χ1v) is 12.4. The van der Waals surface area contributed by atoms with Crippen LogP contribution in [0.2, 0.25) is 0 Å². The normalized spacial score (nSPS) is 13.5. The van der Waals surface area contributed by atoms with Gasteiger partial charge in [-0.05, 0) is 30.2 Å². The predicted molar refractivity (Wildman–Crippen MR) is 142 cm³/mol. The van der Waals surface area contributed by atoms with Gasteiger partial charge < -0.3 is 19.5 Å². The molecule has 2 aromatic carbocycles. The maximum absolute atomic E-state index is 16.0. The molecule has 0 saturated heterocycles. The monoisotopic (exact) mass is 516 g/mol. The molecule has 0 bridgehead atoms. The molecule has 1 aliphatic heterocycles. The molecule has 1 N–H and O–H groups in total. The topological polar surface area (TPSA) is 96.3 Å². The summed E-state index contributed by atoms with van der Waals surface area (Å²) in [6.07, 6.45) is 6.14. The molecule has 9 nitrogen and oxygen atoms in total. The van der Waals surface area contributed by atoms with Gasteiger partial charge in [0, 0.05) is 61.9 Å². The van der Waals surface area contributed by atoms with Gasteiger partial charge in [0.1, 0.15) is 5.75 Å². The second-order valence-electron chi connectivity index (χ2n) is 9.41. The number of aromatic amines is 1. The molecule has 0 spiro atoms. The first kappa shape index (κ1) is 25.2. The van der Waals surface area contributed by atoms with E-state index in [-0.39, 0.29) is 24.8 Å². The number of carbonyl (C=O) groups excluding carboxylic acids is 2. The highest BCUT2D eigenvalue weighted by Gasteiger charge is 2.25. The maximum Gasteiger partial charge on any atom is 0.253 e. The summed E-state index contributed by atoms with van der Waals surface area (Å²) < 4.78 is 23.2. The maximum atomic E-state index is 16.0. The fourth-order valence-electron chi connectivity index (χ4n) is 4.81. The number of hydrogen-bond donors (Lipinski definition) is 1. The number of rotatable bonds is 7. The van der Waals surface area contributed by atoms with Crippen LogP contribution in [0.3, 0.4) is 0 Å². The Bertz CT molecular complexity index is 1520. The second-order valence-corrected chi connectivity index (χ2v) is 9.41. The minimum Gasteiger partial charge on any atom is -0.496 e. The highest BCUT2D eigenvalue weighted by atomic mass is 19.1. The number of amides is 2. The van der Waals surface area contributed by atoms with Crippen molar-refractivity contribution in [2.45, 2.75) is 19.4 Å². The van der Waals surface area contributed by atoms with Crippen LogP contribution in [0.4, 0.5) is 4.39 Å². The Morgan fingerprint density at radius 1 is 1.18 bits per heavy atom. The summed E-state index contributed by atoms with van der Waals surface area (Å²) in [4.78, 5) is 32.3. The van der Waals surface area contributed by atoms with Gasteiger partial charge in [0.05, 0.1) is 31.1 Å². The highest BCUT2D eigenvalue weighted by molar-refractivity contribution is 6.05. The summed E-state index contributed by atoms with van der Waals surface area (Å²) >= 11 is 0. The number of nitrogens with zero attached hydrogens (tertiary/aromatic N) is 5. The Hall–Kier alpha value is -4.47. The number of ether oxygens (including phenoxy) is 1. The number of para-hydroxylation sites is 1. The standard InChI is InChI=1S/C28H29FN6O3/c1-33(2)28(37)19-15-21(20-8-4-5-9-23(20)38-3)27-22(16-19)25(29)26(31-27)18-7-6-12-34(17-18)24(36)10-13-35-14-11-30-32-35/h4-5,7-9,11,14-16,31H,6,10,12-13,17H2,1-3H3. The fraction of sp³-hybridized carbons (Fsp3) is 0.286. The molecule has 10 heteroatoms. The molecule has 0 aliphatic carbocycles. The Morgan fingerprint density at radius 3 is 2.74 bits per heavy atom. The first-order chi connectivity index (χ1) is 18.4. The zero-order valence-electron chi connectivity index (χ0n) is 21.6. The summed E-state index contributed by atoms with van der Waals surface area (Å²) in [6, 6.07) is 10.8. The molecule has 0 unspecified atom stereocenters. The largest absolute Gasteiger partial charge is 0.496 e. The van der Waals surface area contributed by atoms with Crippen LogP contribution in [0.25, 0.3) is 27.6 Å². The molecule has 196 valence electrons. The number of carbonyl (C=O) groups is 2. The minimum absolute atomic E-state index is 0.0313. The fourth-order valence-corrected chi connectivity index (χ4v) is 4.81. The van der Waals surface area contributed by atoms with Gasteiger partial charge in [-0.25, -0.2) is 4.39 Å². The van der Waals surface area contributed by atoms with Gasteiger partial charge >= 0.3 is 0 Å². The number of benzene rings is 2. The third-order valence-electron chi connectivity index (χ3n) is 6.75. The van der Waals surface area contributed by atoms with Crippen molar-refractivity contribution < 1.29 is 18.7 Å². The van der Waals surface area contributed by atoms with Crippen molar-refractivity contribution in [3.05, 3.63) is 71.9 Å². The molecule has 4 aromatic rings. The van der Waals surface area contributed by atoms with E-state index in [1.54, 1.807) is 55.3 Å². The Morgan fingerprint density at radius 2 is 2.00 bits per heavy atom. The SMILES string of the molecule is COc1ccccc1-c1cc(C(=O)N(C)C)cc2c(F)c(C3=CCCN(C(=O)CCn4ccnn4)C3)[nH]c12. The lowest BCUT2D eigenvalue weighted by Crippen LogP contribution is -2.36. The van der Waals surface area contributed by atoms with Crippen LogP contribution in [0.5, 0.6) is 5.75 Å². The average Bonchev–Trinajstić information content (AvgIpc) is 3.58. The molecule has 2 aromatic heterocycles. The van der Waals surface area contributed by atoms with Gasteiger partial charge in [-0.3, -0.25) is 14.3 Å². The summed E-state index contributed by atoms with van der Waals surface area (Å²) in [5.41, 5.74) is 3.35. The van der Waals surface area contributed by atoms with Gasteiger partial charge in [0.25, 0.3) is 5.91 Å². The number of hydrogen-bond acceptors (Lipinski definition) is 5. The Labute approximate surface area is 219 Å². The minimum atomic E-state index is -0.451. The highest BCUT2D eigenvalue weighted by Crippen LogP contribution is 2.39. The number of fused-ring (bicyclic) bond motifs is 1. The Balaban J connectivity index is 1.53. The van der Waals surface area contributed by atoms with E-state index in [1.807, 2.05) is 30.3 Å². The van der Waals surface area contributed by atoms with Crippen LogP contribution in [0.1, 0.15) is 28.9 Å². The Kier molecular flexibility index (Phi) is 6.95. The number of halogens is 1. The van der Waals surface area contributed by atoms with Crippen molar-refractivity contribution in [3.8, 4) is 16.9 Å². The average molecular weight is 517 g/mol. The van der Waals surface area contributed by atoms with Gasteiger partial charge in [-0.1, -0.05) is 29.5 Å². The second kappa shape index (κ2) is 10.5. The van der Waals surface area contributed by atoms with Crippen molar-refractivity contribution in [1.29, 1.82) is 0 Å². The molecule has 3 heterocycles. The van der Waals surface area contributed by atoms with Gasteiger partial charge in [-0.15, -0.1) is 5.10 Å². The summed E-state index contributed by atoms with van der Waals surface area (Å²) in [5.74, 6) is -0.101. The number of H-pyrrole nitrogens is 1. The molecule has 0 radical (unpaired) electrons. The van der Waals surface area contributed by atoms with Crippen LogP contribution < -0.4 is 4.74 Å². The molecule has 38 heavy (non-hydrogen) atoms. The molecule has 0 atom stereocenters. The van der Waals surface area contributed by atoms with Crippen molar-refractivity contribution in [3.63, 3.8) is 0 Å². The predicted octanol–water partition coefficient (Wildman–Crippen LogP) is 3.98. The van der Waals surface area contributed by atoms with E-state index < -0.39 is 5.82 Å². The van der Waals surface area contributed by atoms with Crippen LogP contribution in [-0.4, -0.2) is 75.9 Å². The molecular formula is C28H29FN6O3. The lowest BCUT2D eigenvalue weighted by Gasteiger charge is -2.27. The number of aryl methyl sites for hydroxylation is 1. The van der Waals surface area contributed by atoms with Crippen molar-refractivity contribution in [2.24, 2.45) is 0 Å². The van der Waals surface area contributed by atoms with E-state index in [2.05, 4.69) is 15.3 Å². The smallest absolute Gasteiger partial charge is 0.253 e. The molecular weight excluding hydrogens is 487 g/mol. The zero-order valence-corrected chi connectivity index (χ0v) is 21.6. The number of aromatic nitrogens is 4. The van der Waals surface area contributed by atoms with Crippen LogP contribution >= 0.6 is 0 Å². The molecule has 0 fully saturated rings. The van der Waals surface area contributed by atoms with E-state index in [1.165, 1.54) is 4.90 Å². The van der Waals surface area contributed by atoms with E-state index in [0.717, 1.165) is 5.56 Å². The van der Waals surface area contributed by atoms with E-state index >= 15 is 4.39 Å². The van der Waals surface area contributed by atoms with Crippen molar-refractivity contribution in [1.82, 2.24) is 29.8 Å². The summed E-state index contributed by atoms with van der Waals surface area (Å²) in [5, 5.41) is 7.97. The summed E-state index contributed by atoms with van der Waals surface area (Å²) in [6.45, 7) is 1.28. The molecule has 2 amide bonds. The van der Waals surface area contributed by atoms with E-state index in [0.29, 0.717) is 58.6 Å². The van der Waals surface area contributed by atoms with Crippen molar-refractivity contribution >= 4 is 28.3 Å². The lowest BCUT2D eigenvalue weighted by atomic mass is 9.98. The van der Waals surface area contributed by atoms with Crippen LogP contribution in [-0.2, 0) is 11.3 Å². The lowest BCUT2D eigenvalue weighted by molar-refractivity contribution is -0.131. The molecule has 1 aliphatic rings. The van der Waals surface area contributed by atoms with Gasteiger partial charge in [0.15, 0.2) is 5.82 Å². The third-order valence-corrected chi connectivity index (χ3v) is 6.75. The van der Waals surface area contributed by atoms with Crippen LogP contribution in [0, 0.1) is 5.82 Å². The first-order valence-electron chi connectivity index (χ1n) is 12.4. The number of nitrogens with one attached hydrogen (secondary N) is 1. The van der Waals surface area contributed by atoms with Crippen LogP contribution in [0.15, 0.2) is 54.9 Å². The van der Waals surface area contributed by atoms with E-state index in [9.17, 15) is 9.59 Å². The zero-order chi connectivity index (χ0) is 26.8. The summed E-state index contributed by atoms with van der Waals surface area (Å²) in [7, 11) is 4.90. The molecule has 0 saturated carbocycles. The van der Waals surface area contributed by atoms with Crippen molar-refractivity contribution in [2.75, 3.05) is 34.3 Å². The quantitative estimate of drug-likeness (QED) is 0.401. The van der Waals surface area contributed by atoms with E-state index in [4.69, 9.17) is 4.74 Å². The van der Waals surface area contributed by atoms with Gasteiger partial charge in [0.2, 0.25) is 5.91 Å². The third kappa shape index (κ3) is 4.77.